The Morgan fingerprint density at radius 2 is 1.89 bits per heavy atom. The highest BCUT2D eigenvalue weighted by Gasteiger charge is 2.38. The largest absolute Gasteiger partial charge is 0.341 e. The second-order valence-corrected chi connectivity index (χ2v) is 9.28. The summed E-state index contributed by atoms with van der Waals surface area (Å²) in [5, 5.41) is 0. The first-order valence-electron chi connectivity index (χ1n) is 11.1. The first-order chi connectivity index (χ1) is 13.7. The van der Waals surface area contributed by atoms with Crippen molar-refractivity contribution < 1.29 is 9.59 Å². The predicted molar refractivity (Wildman–Crippen MR) is 108 cm³/mol. The first-order valence-corrected chi connectivity index (χ1v) is 11.1. The zero-order valence-electron chi connectivity index (χ0n) is 16.7. The molecule has 1 saturated carbocycles. The molecule has 1 aromatic carbocycles. The molecule has 2 bridgehead atoms. The molecule has 0 unspecified atom stereocenters. The van der Waals surface area contributed by atoms with Crippen LogP contribution >= 0.6 is 0 Å². The van der Waals surface area contributed by atoms with Crippen molar-refractivity contribution in [1.82, 2.24) is 14.7 Å². The second-order valence-electron chi connectivity index (χ2n) is 9.28. The van der Waals surface area contributed by atoms with Crippen LogP contribution in [0.25, 0.3) is 0 Å². The summed E-state index contributed by atoms with van der Waals surface area (Å²) < 4.78 is 0. The van der Waals surface area contributed by atoms with E-state index in [4.69, 9.17) is 0 Å². The highest BCUT2D eigenvalue weighted by atomic mass is 16.2. The van der Waals surface area contributed by atoms with Crippen molar-refractivity contribution >= 4 is 11.8 Å². The van der Waals surface area contributed by atoms with Gasteiger partial charge in [-0.3, -0.25) is 14.5 Å². The van der Waals surface area contributed by atoms with E-state index in [0.717, 1.165) is 30.1 Å². The van der Waals surface area contributed by atoms with E-state index in [-0.39, 0.29) is 11.8 Å². The van der Waals surface area contributed by atoms with Gasteiger partial charge in [-0.05, 0) is 49.1 Å². The molecule has 4 fully saturated rings. The minimum Gasteiger partial charge on any atom is -0.341 e. The Hall–Kier alpha value is -1.88. The average Bonchev–Trinajstić information content (AvgIpc) is 2.82. The highest BCUT2D eigenvalue weighted by Crippen LogP contribution is 2.33. The minimum atomic E-state index is 0.0750. The van der Waals surface area contributed by atoms with Crippen LogP contribution in [-0.2, 0) is 11.3 Å². The number of fused-ring (bicyclic) bond motifs is 5. The maximum Gasteiger partial charge on any atom is 0.254 e. The van der Waals surface area contributed by atoms with E-state index in [1.165, 1.54) is 45.2 Å². The summed E-state index contributed by atoms with van der Waals surface area (Å²) in [6.07, 6.45) is 7.13. The van der Waals surface area contributed by atoms with Crippen molar-refractivity contribution in [3.05, 3.63) is 35.4 Å². The molecule has 1 aromatic rings. The van der Waals surface area contributed by atoms with Gasteiger partial charge in [0.2, 0.25) is 5.91 Å². The third-order valence-corrected chi connectivity index (χ3v) is 7.39. The normalized spacial score (nSPS) is 27.6. The molecule has 4 aliphatic heterocycles. The van der Waals surface area contributed by atoms with Crippen molar-refractivity contribution in [3.8, 4) is 0 Å². The number of rotatable bonds is 5. The Morgan fingerprint density at radius 3 is 2.68 bits per heavy atom. The van der Waals surface area contributed by atoms with Crippen LogP contribution in [0.4, 0.5) is 0 Å². The van der Waals surface area contributed by atoms with Gasteiger partial charge in [-0.25, -0.2) is 0 Å². The van der Waals surface area contributed by atoms with Gasteiger partial charge in [0.25, 0.3) is 5.91 Å². The summed E-state index contributed by atoms with van der Waals surface area (Å²) >= 11 is 0. The van der Waals surface area contributed by atoms with Crippen LogP contribution in [0.1, 0.15) is 54.4 Å². The van der Waals surface area contributed by atoms with E-state index >= 15 is 0 Å². The van der Waals surface area contributed by atoms with Crippen molar-refractivity contribution in [3.63, 3.8) is 0 Å². The van der Waals surface area contributed by atoms with Gasteiger partial charge >= 0.3 is 0 Å². The number of benzene rings is 1. The summed E-state index contributed by atoms with van der Waals surface area (Å²) in [6.45, 7) is 5.38. The topological polar surface area (TPSA) is 43.9 Å². The van der Waals surface area contributed by atoms with Gasteiger partial charge in [0.1, 0.15) is 0 Å². The predicted octanol–water partition coefficient (Wildman–Crippen LogP) is 2.76. The maximum absolute atomic E-state index is 13.0. The van der Waals surface area contributed by atoms with Crippen LogP contribution in [0.2, 0.25) is 0 Å². The number of carbonyl (C=O) groups is 2. The van der Waals surface area contributed by atoms with E-state index < -0.39 is 0 Å². The molecule has 28 heavy (non-hydrogen) atoms. The molecule has 0 aromatic heterocycles. The number of piperidine rings is 1. The molecular formula is C23H31N3O2. The summed E-state index contributed by atoms with van der Waals surface area (Å²) in [6, 6.07) is 8.33. The summed E-state index contributed by atoms with van der Waals surface area (Å²) in [5.41, 5.74) is 1.88. The molecule has 2 atom stereocenters. The maximum atomic E-state index is 13.0. The van der Waals surface area contributed by atoms with E-state index in [9.17, 15) is 9.59 Å². The number of hydrogen-bond donors (Lipinski definition) is 0. The number of carbonyl (C=O) groups excluding carboxylic acids is 2. The minimum absolute atomic E-state index is 0.0750. The van der Waals surface area contributed by atoms with Gasteiger partial charge in [0, 0.05) is 57.3 Å². The molecule has 0 radical (unpaired) electrons. The Balaban J connectivity index is 1.17. The Morgan fingerprint density at radius 1 is 1.04 bits per heavy atom. The van der Waals surface area contributed by atoms with Gasteiger partial charge in [-0.15, -0.1) is 0 Å². The molecule has 5 heteroatoms. The molecule has 0 spiro atoms. The molecule has 0 N–H and O–H groups in total. The zero-order chi connectivity index (χ0) is 19.1. The van der Waals surface area contributed by atoms with E-state index in [1.807, 2.05) is 29.2 Å². The van der Waals surface area contributed by atoms with E-state index in [0.29, 0.717) is 31.5 Å². The Kier molecular flexibility index (Phi) is 4.87. The molecule has 4 heterocycles. The molecule has 3 saturated heterocycles. The van der Waals surface area contributed by atoms with Crippen LogP contribution in [-0.4, -0.2) is 65.3 Å². The molecule has 5 aliphatic rings. The van der Waals surface area contributed by atoms with Crippen molar-refractivity contribution in [2.24, 2.45) is 11.8 Å². The lowest BCUT2D eigenvalue weighted by molar-refractivity contribution is -0.131. The molecule has 6 rings (SSSR count). The Bertz CT molecular complexity index is 760. The third kappa shape index (κ3) is 3.45. The fourth-order valence-electron chi connectivity index (χ4n) is 5.50. The summed E-state index contributed by atoms with van der Waals surface area (Å²) in [4.78, 5) is 32.1. The van der Waals surface area contributed by atoms with Crippen LogP contribution in [0.3, 0.4) is 0 Å². The third-order valence-electron chi connectivity index (χ3n) is 7.39. The average molecular weight is 382 g/mol. The van der Waals surface area contributed by atoms with Gasteiger partial charge in [0.05, 0.1) is 0 Å². The van der Waals surface area contributed by atoms with Crippen LogP contribution < -0.4 is 0 Å². The van der Waals surface area contributed by atoms with Crippen molar-refractivity contribution in [1.29, 1.82) is 0 Å². The second kappa shape index (κ2) is 7.51. The molecule has 5 nitrogen and oxygen atoms in total. The summed E-state index contributed by atoms with van der Waals surface area (Å²) in [7, 11) is 0. The van der Waals surface area contributed by atoms with E-state index in [2.05, 4.69) is 9.80 Å². The van der Waals surface area contributed by atoms with Gasteiger partial charge in [0.15, 0.2) is 0 Å². The molecule has 2 amide bonds. The SMILES string of the molecule is O=C(CCN1Cc2ccccc2C1=O)N1C[C@H]2CC[C@@H](C1)N(CC1CCC1)C2. The van der Waals surface area contributed by atoms with Crippen molar-refractivity contribution in [2.75, 3.05) is 32.7 Å². The fraction of sp³-hybridized carbons (Fsp3) is 0.652. The number of hydrogen-bond acceptors (Lipinski definition) is 3. The van der Waals surface area contributed by atoms with E-state index in [1.54, 1.807) is 0 Å². The van der Waals surface area contributed by atoms with Crippen molar-refractivity contribution in [2.45, 2.75) is 51.1 Å². The first kappa shape index (κ1) is 18.2. The number of nitrogens with zero attached hydrogens (tertiary/aromatic N) is 3. The lowest BCUT2D eigenvalue weighted by atomic mass is 9.83. The zero-order valence-corrected chi connectivity index (χ0v) is 16.7. The lowest BCUT2D eigenvalue weighted by Crippen LogP contribution is -2.47. The Labute approximate surface area is 167 Å². The van der Waals surface area contributed by atoms with Crippen LogP contribution in [0, 0.1) is 11.8 Å². The van der Waals surface area contributed by atoms with Crippen LogP contribution in [0.5, 0.6) is 0 Å². The van der Waals surface area contributed by atoms with Gasteiger partial charge < -0.3 is 9.80 Å². The smallest absolute Gasteiger partial charge is 0.254 e. The highest BCUT2D eigenvalue weighted by molar-refractivity contribution is 5.98. The number of amides is 2. The monoisotopic (exact) mass is 381 g/mol. The molecule has 150 valence electrons. The fourth-order valence-corrected chi connectivity index (χ4v) is 5.50. The summed E-state index contributed by atoms with van der Waals surface area (Å²) in [5.74, 6) is 1.82. The van der Waals surface area contributed by atoms with Gasteiger partial charge in [-0.2, -0.15) is 0 Å². The van der Waals surface area contributed by atoms with Crippen LogP contribution in [0.15, 0.2) is 24.3 Å². The standard InChI is InChI=1S/C23H31N3O2/c27-22(10-11-24-15-19-6-1-2-7-21(19)23(24)28)26-14-18-8-9-20(16-26)25(13-18)12-17-4-3-5-17/h1-2,6-7,17-18,20H,3-5,8-16H2/t18-,20-/m0/s1. The quantitative estimate of drug-likeness (QED) is 0.788. The van der Waals surface area contributed by atoms with Gasteiger partial charge in [-0.1, -0.05) is 24.6 Å². The lowest BCUT2D eigenvalue weighted by Gasteiger charge is -2.40. The molecule has 1 aliphatic carbocycles. The molecular weight excluding hydrogens is 350 g/mol.